The highest BCUT2D eigenvalue weighted by Gasteiger charge is 2.27. The van der Waals surface area contributed by atoms with E-state index in [0.29, 0.717) is 5.16 Å². The van der Waals surface area contributed by atoms with Gasteiger partial charge in [-0.3, -0.25) is 9.36 Å². The molecule has 1 aromatic heterocycles. The molecule has 3 rings (SSSR count). The third-order valence-electron chi connectivity index (χ3n) is 4.55. The van der Waals surface area contributed by atoms with E-state index in [2.05, 4.69) is 22.1 Å². The molecule has 0 bridgehead atoms. The number of aliphatic carboxylic acids is 1. The van der Waals surface area contributed by atoms with Gasteiger partial charge in [0, 0.05) is 12.5 Å². The van der Waals surface area contributed by atoms with Gasteiger partial charge in [0.2, 0.25) is 0 Å². The van der Waals surface area contributed by atoms with Crippen molar-refractivity contribution in [2.24, 2.45) is 0 Å². The standard InChI is InChI=1S/C18H24N4O3S/c1-12-6-7-15(25-3)14(9-12)22-17(13-5-4-8-21(2)10-13)19-20-18(22)26-11-16(23)24/h6-7,9,13H,4-5,8,10-11H2,1-3H3,(H,23,24)/t13-/m0/s1. The number of likely N-dealkylation sites (tertiary alicyclic amines) is 1. The molecule has 0 spiro atoms. The molecule has 1 aliphatic rings. The van der Waals surface area contributed by atoms with Crippen molar-refractivity contribution in [3.05, 3.63) is 29.6 Å². The minimum absolute atomic E-state index is 0.0587. The molecule has 8 heteroatoms. The molecule has 1 aliphatic heterocycles. The smallest absolute Gasteiger partial charge is 0.313 e. The second-order valence-electron chi connectivity index (χ2n) is 6.64. The lowest BCUT2D eigenvalue weighted by Gasteiger charge is -2.29. The molecule has 1 N–H and O–H groups in total. The Morgan fingerprint density at radius 2 is 2.23 bits per heavy atom. The summed E-state index contributed by atoms with van der Waals surface area (Å²) in [6.45, 7) is 4.01. The van der Waals surface area contributed by atoms with E-state index >= 15 is 0 Å². The van der Waals surface area contributed by atoms with Crippen molar-refractivity contribution in [1.82, 2.24) is 19.7 Å². The minimum atomic E-state index is -0.875. The first kappa shape index (κ1) is 18.7. The molecular formula is C18H24N4O3S. The number of aromatic nitrogens is 3. The number of methoxy groups -OCH3 is 1. The highest BCUT2D eigenvalue weighted by molar-refractivity contribution is 7.99. The number of benzene rings is 1. The number of aryl methyl sites for hydroxylation is 1. The summed E-state index contributed by atoms with van der Waals surface area (Å²) in [4.78, 5) is 13.3. The zero-order valence-corrected chi connectivity index (χ0v) is 16.1. The zero-order valence-electron chi connectivity index (χ0n) is 15.3. The molecule has 0 saturated carbocycles. The van der Waals surface area contributed by atoms with Crippen LogP contribution in [0.5, 0.6) is 5.75 Å². The first-order valence-electron chi connectivity index (χ1n) is 8.63. The first-order valence-corrected chi connectivity index (χ1v) is 9.61. The number of rotatable bonds is 6. The number of carbonyl (C=O) groups is 1. The van der Waals surface area contributed by atoms with E-state index in [4.69, 9.17) is 9.84 Å². The summed E-state index contributed by atoms with van der Waals surface area (Å²) in [5, 5.41) is 18.4. The molecule has 1 fully saturated rings. The summed E-state index contributed by atoms with van der Waals surface area (Å²) in [5.74, 6) is 0.910. The van der Waals surface area contributed by atoms with Crippen LogP contribution >= 0.6 is 11.8 Å². The van der Waals surface area contributed by atoms with Gasteiger partial charge in [-0.05, 0) is 51.1 Å². The second kappa shape index (κ2) is 8.09. The fourth-order valence-corrected chi connectivity index (χ4v) is 4.02. The Kier molecular flexibility index (Phi) is 5.83. The number of hydrogen-bond acceptors (Lipinski definition) is 6. The Morgan fingerprint density at radius 3 is 2.92 bits per heavy atom. The van der Waals surface area contributed by atoms with Crippen molar-refractivity contribution in [3.63, 3.8) is 0 Å². The number of carboxylic acids is 1. The van der Waals surface area contributed by atoms with Gasteiger partial charge < -0.3 is 14.7 Å². The van der Waals surface area contributed by atoms with Gasteiger partial charge in [-0.2, -0.15) is 0 Å². The molecule has 0 radical (unpaired) electrons. The SMILES string of the molecule is COc1ccc(C)cc1-n1c(SCC(=O)O)nnc1[C@H]1CCCN(C)C1. The maximum Gasteiger partial charge on any atom is 0.313 e. The van der Waals surface area contributed by atoms with E-state index in [0.717, 1.165) is 48.8 Å². The monoisotopic (exact) mass is 376 g/mol. The van der Waals surface area contributed by atoms with Gasteiger partial charge in [0.1, 0.15) is 11.6 Å². The minimum Gasteiger partial charge on any atom is -0.495 e. The van der Waals surface area contributed by atoms with Crippen molar-refractivity contribution >= 4 is 17.7 Å². The van der Waals surface area contributed by atoms with Crippen LogP contribution in [0.1, 0.15) is 30.1 Å². The van der Waals surface area contributed by atoms with E-state index in [9.17, 15) is 4.79 Å². The number of piperidine rings is 1. The second-order valence-corrected chi connectivity index (χ2v) is 7.58. The van der Waals surface area contributed by atoms with E-state index in [1.807, 2.05) is 29.7 Å². The molecule has 7 nitrogen and oxygen atoms in total. The van der Waals surface area contributed by atoms with Crippen molar-refractivity contribution in [2.75, 3.05) is 33.0 Å². The fourth-order valence-electron chi connectivity index (χ4n) is 3.34. The highest BCUT2D eigenvalue weighted by Crippen LogP contribution is 2.34. The van der Waals surface area contributed by atoms with Gasteiger partial charge in [0.25, 0.3) is 0 Å². The molecule has 0 unspecified atom stereocenters. The van der Waals surface area contributed by atoms with E-state index in [-0.39, 0.29) is 11.7 Å². The zero-order chi connectivity index (χ0) is 18.7. The Hall–Kier alpha value is -2.06. The lowest BCUT2D eigenvalue weighted by Crippen LogP contribution is -2.32. The fraction of sp³-hybridized carbons (Fsp3) is 0.500. The van der Waals surface area contributed by atoms with Crippen LogP contribution in [0, 0.1) is 6.92 Å². The maximum absolute atomic E-state index is 11.0. The summed E-state index contributed by atoms with van der Waals surface area (Å²) in [5.41, 5.74) is 1.95. The summed E-state index contributed by atoms with van der Waals surface area (Å²) in [6, 6.07) is 5.95. The van der Waals surface area contributed by atoms with E-state index in [1.54, 1.807) is 7.11 Å². The first-order chi connectivity index (χ1) is 12.5. The number of carboxylic acid groups (broad SMARTS) is 1. The number of ether oxygens (including phenoxy) is 1. The van der Waals surface area contributed by atoms with Crippen molar-refractivity contribution in [2.45, 2.75) is 30.8 Å². The van der Waals surface area contributed by atoms with Crippen LogP contribution in [0.3, 0.4) is 0 Å². The lowest BCUT2D eigenvalue weighted by molar-refractivity contribution is -0.133. The molecule has 140 valence electrons. The van der Waals surface area contributed by atoms with E-state index in [1.165, 1.54) is 11.8 Å². The van der Waals surface area contributed by atoms with Crippen LogP contribution in [0.15, 0.2) is 23.4 Å². The summed E-state index contributed by atoms with van der Waals surface area (Å²) >= 11 is 1.18. The van der Waals surface area contributed by atoms with Crippen LogP contribution in [-0.2, 0) is 4.79 Å². The maximum atomic E-state index is 11.0. The Balaban J connectivity index is 2.08. The van der Waals surface area contributed by atoms with Gasteiger partial charge in [-0.25, -0.2) is 0 Å². The topological polar surface area (TPSA) is 80.5 Å². The predicted octanol–water partition coefficient (Wildman–Crippen LogP) is 2.57. The van der Waals surface area contributed by atoms with Gasteiger partial charge in [-0.15, -0.1) is 10.2 Å². The van der Waals surface area contributed by atoms with Crippen LogP contribution < -0.4 is 4.74 Å². The molecule has 26 heavy (non-hydrogen) atoms. The van der Waals surface area contributed by atoms with Gasteiger partial charge in [0.05, 0.1) is 18.6 Å². The number of likely N-dealkylation sites (N-methyl/N-ethyl adjacent to an activating group) is 1. The van der Waals surface area contributed by atoms with Crippen molar-refractivity contribution in [1.29, 1.82) is 0 Å². The molecule has 2 aromatic rings. The number of thioether (sulfide) groups is 1. The van der Waals surface area contributed by atoms with Crippen LogP contribution in [0.25, 0.3) is 5.69 Å². The summed E-state index contributed by atoms with van der Waals surface area (Å²) < 4.78 is 7.53. The molecule has 1 aromatic carbocycles. The normalized spacial score (nSPS) is 18.0. The molecule has 1 atom stereocenters. The van der Waals surface area contributed by atoms with Crippen molar-refractivity contribution in [3.8, 4) is 11.4 Å². The molecule has 0 amide bonds. The van der Waals surface area contributed by atoms with Crippen LogP contribution in [-0.4, -0.2) is 63.7 Å². The molecule has 0 aliphatic carbocycles. The summed E-state index contributed by atoms with van der Waals surface area (Å²) in [7, 11) is 3.75. The quantitative estimate of drug-likeness (QED) is 0.776. The van der Waals surface area contributed by atoms with E-state index < -0.39 is 5.97 Å². The average molecular weight is 376 g/mol. The third-order valence-corrected chi connectivity index (χ3v) is 5.46. The molecule has 2 heterocycles. The number of hydrogen-bond donors (Lipinski definition) is 1. The Bertz CT molecular complexity index is 793. The third kappa shape index (κ3) is 4.02. The average Bonchev–Trinajstić information content (AvgIpc) is 3.03. The molecule has 1 saturated heterocycles. The van der Waals surface area contributed by atoms with Gasteiger partial charge in [0.15, 0.2) is 5.16 Å². The Morgan fingerprint density at radius 1 is 1.42 bits per heavy atom. The van der Waals surface area contributed by atoms with Gasteiger partial charge in [-0.1, -0.05) is 17.8 Å². The van der Waals surface area contributed by atoms with Crippen LogP contribution in [0.4, 0.5) is 0 Å². The van der Waals surface area contributed by atoms with Gasteiger partial charge >= 0.3 is 5.97 Å². The summed E-state index contributed by atoms with van der Waals surface area (Å²) in [6.07, 6.45) is 2.15. The predicted molar refractivity (Wildman–Crippen MR) is 100 cm³/mol. The largest absolute Gasteiger partial charge is 0.495 e. The lowest BCUT2D eigenvalue weighted by atomic mass is 9.97. The molecular weight excluding hydrogens is 352 g/mol. The van der Waals surface area contributed by atoms with Crippen LogP contribution in [0.2, 0.25) is 0 Å². The highest BCUT2D eigenvalue weighted by atomic mass is 32.2. The van der Waals surface area contributed by atoms with Crippen molar-refractivity contribution < 1.29 is 14.6 Å². The Labute approximate surface area is 157 Å². The number of nitrogens with zero attached hydrogens (tertiary/aromatic N) is 4.